The molecule has 8 heteroatoms. The van der Waals surface area contributed by atoms with Crippen LogP contribution >= 0.6 is 15.9 Å². The van der Waals surface area contributed by atoms with E-state index in [0.29, 0.717) is 25.9 Å². The fraction of sp³-hybridized carbons (Fsp3) is 0.667. The zero-order valence-electron chi connectivity index (χ0n) is 17.2. The molecule has 3 rings (SSSR count). The smallest absolute Gasteiger partial charge is 0.410 e. The van der Waals surface area contributed by atoms with Gasteiger partial charge in [0.25, 0.3) is 0 Å². The summed E-state index contributed by atoms with van der Waals surface area (Å²) in [6.07, 6.45) is 5.44. The number of hydrogen-bond acceptors (Lipinski definition) is 5. The third-order valence-electron chi connectivity index (χ3n) is 5.87. The minimum atomic E-state index is -0.987. The van der Waals surface area contributed by atoms with Crippen molar-refractivity contribution in [2.45, 2.75) is 64.1 Å². The normalized spacial score (nSPS) is 27.2. The van der Waals surface area contributed by atoms with Gasteiger partial charge in [0.05, 0.1) is 5.69 Å². The van der Waals surface area contributed by atoms with Gasteiger partial charge >= 0.3 is 12.1 Å². The maximum atomic E-state index is 12.4. The molecule has 0 aromatic carbocycles. The highest BCUT2D eigenvalue weighted by Crippen LogP contribution is 2.51. The van der Waals surface area contributed by atoms with Gasteiger partial charge in [-0.05, 0) is 86.4 Å². The molecular formula is C21H29BrN2O5. The van der Waals surface area contributed by atoms with E-state index in [4.69, 9.17) is 14.6 Å². The van der Waals surface area contributed by atoms with Gasteiger partial charge in [0.1, 0.15) is 17.8 Å². The standard InChI is InChI=1S/C21H29BrN2O5/c1-19(2,3)29-18(27)24-11-10-20(14-24)6-8-21(9-7-20,28-13-17(25)26)16-5-4-15(22)12-23-16/h4-5,12H,6-11,13-14H2,1-3H3,(H,25,26). The molecule has 1 spiro atoms. The van der Waals surface area contributed by atoms with Gasteiger partial charge in [0.2, 0.25) is 0 Å². The average molecular weight is 469 g/mol. The second-order valence-corrected chi connectivity index (χ2v) is 10.1. The zero-order chi connectivity index (χ0) is 21.3. The SMILES string of the molecule is CC(C)(C)OC(=O)N1CCC2(CCC(OCC(=O)O)(c3ccc(Br)cn3)CC2)C1. The molecule has 29 heavy (non-hydrogen) atoms. The van der Waals surface area contributed by atoms with Crippen LogP contribution in [0.4, 0.5) is 4.79 Å². The van der Waals surface area contributed by atoms with Crippen LogP contribution in [0.25, 0.3) is 0 Å². The molecule has 2 heterocycles. The Labute approximate surface area is 179 Å². The molecule has 1 aliphatic heterocycles. The number of carboxylic acids is 1. The van der Waals surface area contributed by atoms with Crippen molar-refractivity contribution >= 4 is 28.0 Å². The number of aromatic nitrogens is 1. The molecule has 0 unspecified atom stereocenters. The summed E-state index contributed by atoms with van der Waals surface area (Å²) in [5, 5.41) is 9.13. The van der Waals surface area contributed by atoms with E-state index in [1.807, 2.05) is 32.9 Å². The summed E-state index contributed by atoms with van der Waals surface area (Å²) in [4.78, 5) is 29.9. The van der Waals surface area contributed by atoms with Gasteiger partial charge in [0.15, 0.2) is 0 Å². The first-order valence-corrected chi connectivity index (χ1v) is 10.8. The lowest BCUT2D eigenvalue weighted by Crippen LogP contribution is -2.43. The Hall–Kier alpha value is -1.67. The average Bonchev–Trinajstić information content (AvgIpc) is 3.05. The summed E-state index contributed by atoms with van der Waals surface area (Å²) in [6, 6.07) is 3.80. The third kappa shape index (κ3) is 5.28. The summed E-state index contributed by atoms with van der Waals surface area (Å²) < 4.78 is 12.3. The number of carbonyl (C=O) groups is 2. The van der Waals surface area contributed by atoms with E-state index in [1.54, 1.807) is 11.1 Å². The van der Waals surface area contributed by atoms with Crippen molar-refractivity contribution < 1.29 is 24.2 Å². The molecule has 1 saturated carbocycles. The minimum Gasteiger partial charge on any atom is -0.480 e. The fourth-order valence-electron chi connectivity index (χ4n) is 4.33. The van der Waals surface area contributed by atoms with Crippen molar-refractivity contribution in [3.63, 3.8) is 0 Å². The number of nitrogens with zero attached hydrogens (tertiary/aromatic N) is 2. The van der Waals surface area contributed by atoms with Crippen LogP contribution in [-0.2, 0) is 19.9 Å². The number of carboxylic acid groups (broad SMARTS) is 1. The number of ether oxygens (including phenoxy) is 2. The topological polar surface area (TPSA) is 89.0 Å². The van der Waals surface area contributed by atoms with Crippen LogP contribution in [0.2, 0.25) is 0 Å². The van der Waals surface area contributed by atoms with E-state index in [-0.39, 0.29) is 18.1 Å². The lowest BCUT2D eigenvalue weighted by atomic mass is 9.67. The molecule has 2 fully saturated rings. The second kappa shape index (κ2) is 8.22. The van der Waals surface area contributed by atoms with E-state index in [9.17, 15) is 9.59 Å². The summed E-state index contributed by atoms with van der Waals surface area (Å²) >= 11 is 3.39. The molecule has 0 radical (unpaired) electrons. The largest absolute Gasteiger partial charge is 0.480 e. The number of carbonyl (C=O) groups excluding carboxylic acids is 1. The quantitative estimate of drug-likeness (QED) is 0.706. The maximum absolute atomic E-state index is 12.4. The fourth-order valence-corrected chi connectivity index (χ4v) is 4.56. The number of amides is 1. The van der Waals surface area contributed by atoms with Crippen LogP contribution in [0, 0.1) is 5.41 Å². The number of likely N-dealkylation sites (tertiary alicyclic amines) is 1. The third-order valence-corrected chi connectivity index (χ3v) is 6.34. The summed E-state index contributed by atoms with van der Waals surface area (Å²) in [6.45, 7) is 6.62. The van der Waals surface area contributed by atoms with Crippen molar-refractivity contribution in [1.29, 1.82) is 0 Å². The van der Waals surface area contributed by atoms with Crippen molar-refractivity contribution in [3.8, 4) is 0 Å². The van der Waals surface area contributed by atoms with Crippen LogP contribution in [0.5, 0.6) is 0 Å². The molecule has 0 atom stereocenters. The summed E-state index contributed by atoms with van der Waals surface area (Å²) in [5.74, 6) is -0.987. The lowest BCUT2D eigenvalue weighted by molar-refractivity contribution is -0.156. The predicted octanol–water partition coefficient (Wildman–Crippen LogP) is 4.34. The molecular weight excluding hydrogens is 440 g/mol. The molecule has 0 bridgehead atoms. The molecule has 1 amide bonds. The van der Waals surface area contributed by atoms with Crippen LogP contribution in [0.1, 0.15) is 58.6 Å². The second-order valence-electron chi connectivity index (χ2n) is 9.19. The van der Waals surface area contributed by atoms with E-state index in [2.05, 4.69) is 20.9 Å². The number of hydrogen-bond donors (Lipinski definition) is 1. The Balaban J connectivity index is 1.71. The molecule has 1 aromatic rings. The lowest BCUT2D eigenvalue weighted by Gasteiger charge is -2.44. The molecule has 2 aliphatic rings. The van der Waals surface area contributed by atoms with Crippen LogP contribution in [0.15, 0.2) is 22.8 Å². The molecule has 7 nitrogen and oxygen atoms in total. The first-order chi connectivity index (χ1) is 13.5. The number of rotatable bonds is 4. The van der Waals surface area contributed by atoms with Gasteiger partial charge in [-0.2, -0.15) is 0 Å². The van der Waals surface area contributed by atoms with Crippen LogP contribution in [-0.4, -0.2) is 52.4 Å². The summed E-state index contributed by atoms with van der Waals surface area (Å²) in [5.41, 5.74) is -0.419. The first kappa shape index (κ1) is 22.0. The molecule has 1 aromatic heterocycles. The first-order valence-electron chi connectivity index (χ1n) is 9.98. The van der Waals surface area contributed by atoms with Crippen LogP contribution in [0.3, 0.4) is 0 Å². The van der Waals surface area contributed by atoms with Crippen molar-refractivity contribution in [2.24, 2.45) is 5.41 Å². The zero-order valence-corrected chi connectivity index (χ0v) is 18.8. The Morgan fingerprint density at radius 3 is 2.45 bits per heavy atom. The predicted molar refractivity (Wildman–Crippen MR) is 111 cm³/mol. The number of halogens is 1. The number of pyridine rings is 1. The van der Waals surface area contributed by atoms with Crippen molar-refractivity contribution in [3.05, 3.63) is 28.5 Å². The summed E-state index contributed by atoms with van der Waals surface area (Å²) in [7, 11) is 0. The van der Waals surface area contributed by atoms with Gasteiger partial charge < -0.3 is 19.5 Å². The Bertz CT molecular complexity index is 751. The van der Waals surface area contributed by atoms with Gasteiger partial charge in [0, 0.05) is 23.8 Å². The Kier molecular flexibility index (Phi) is 6.24. The van der Waals surface area contributed by atoms with Gasteiger partial charge in [-0.15, -0.1) is 0 Å². The van der Waals surface area contributed by atoms with Crippen molar-refractivity contribution in [1.82, 2.24) is 9.88 Å². The van der Waals surface area contributed by atoms with E-state index in [1.165, 1.54) is 0 Å². The Morgan fingerprint density at radius 1 is 1.21 bits per heavy atom. The molecule has 1 saturated heterocycles. The van der Waals surface area contributed by atoms with Crippen LogP contribution < -0.4 is 0 Å². The highest BCUT2D eigenvalue weighted by molar-refractivity contribution is 9.10. The van der Waals surface area contributed by atoms with E-state index in [0.717, 1.165) is 29.4 Å². The maximum Gasteiger partial charge on any atom is 0.410 e. The minimum absolute atomic E-state index is 0.0301. The molecule has 1 N–H and O–H groups in total. The molecule has 160 valence electrons. The van der Waals surface area contributed by atoms with Gasteiger partial charge in [-0.3, -0.25) is 4.98 Å². The highest BCUT2D eigenvalue weighted by atomic mass is 79.9. The number of aliphatic carboxylic acids is 1. The van der Waals surface area contributed by atoms with E-state index >= 15 is 0 Å². The van der Waals surface area contributed by atoms with Gasteiger partial charge in [-0.1, -0.05) is 0 Å². The van der Waals surface area contributed by atoms with E-state index < -0.39 is 17.2 Å². The van der Waals surface area contributed by atoms with Crippen molar-refractivity contribution in [2.75, 3.05) is 19.7 Å². The van der Waals surface area contributed by atoms with Gasteiger partial charge in [-0.25, -0.2) is 9.59 Å². The Morgan fingerprint density at radius 2 is 1.90 bits per heavy atom. The monoisotopic (exact) mass is 468 g/mol. The molecule has 1 aliphatic carbocycles. The highest BCUT2D eigenvalue weighted by Gasteiger charge is 2.49.